The Morgan fingerprint density at radius 3 is 2.96 bits per heavy atom. The third-order valence-electron chi connectivity index (χ3n) is 5.63. The molecule has 0 spiro atoms. The number of nitrogens with zero attached hydrogens (tertiary/aromatic N) is 5. The molecule has 4 rings (SSSR count). The molecular weight excluding hydrogens is 342 g/mol. The minimum atomic E-state index is -0.0595. The monoisotopic (exact) mass is 371 g/mol. The SMILES string of the molecule is CCCCn1ncc(NC(=O)N2CCCC(c3n[nH]c(C4CC4)n3)C2)c1C. The fourth-order valence-corrected chi connectivity index (χ4v) is 3.68. The number of aromatic amines is 1. The minimum absolute atomic E-state index is 0.0595. The molecule has 0 bridgehead atoms. The van der Waals surface area contributed by atoms with Crippen LogP contribution in [0.4, 0.5) is 10.5 Å². The molecule has 2 amide bonds. The fourth-order valence-electron chi connectivity index (χ4n) is 3.68. The van der Waals surface area contributed by atoms with Crippen LogP contribution < -0.4 is 5.32 Å². The quantitative estimate of drug-likeness (QED) is 0.814. The Kier molecular flexibility index (Phi) is 5.13. The van der Waals surface area contributed by atoms with Crippen LogP contribution in [0.15, 0.2) is 6.20 Å². The van der Waals surface area contributed by atoms with Gasteiger partial charge in [0.05, 0.1) is 17.6 Å². The van der Waals surface area contributed by atoms with Gasteiger partial charge in [-0.2, -0.15) is 10.2 Å². The zero-order chi connectivity index (χ0) is 18.8. The molecule has 1 unspecified atom stereocenters. The highest BCUT2D eigenvalue weighted by Gasteiger charge is 2.31. The molecule has 1 aliphatic carbocycles. The Hall–Kier alpha value is -2.38. The summed E-state index contributed by atoms with van der Waals surface area (Å²) in [6, 6.07) is -0.0595. The molecule has 1 atom stereocenters. The standard InChI is InChI=1S/C19H29N7O/c1-3-4-10-26-13(2)16(11-20-26)21-19(27)25-9-5-6-15(12-25)18-22-17(23-24-18)14-7-8-14/h11,14-15H,3-10,12H2,1-2H3,(H,21,27)(H,22,23,24). The number of aromatic nitrogens is 5. The van der Waals surface area contributed by atoms with Crippen LogP contribution >= 0.6 is 0 Å². The number of unbranched alkanes of at least 4 members (excludes halogenated alkanes) is 1. The third kappa shape index (κ3) is 3.99. The first-order valence-electron chi connectivity index (χ1n) is 10.2. The zero-order valence-electron chi connectivity index (χ0n) is 16.2. The second-order valence-electron chi connectivity index (χ2n) is 7.79. The lowest BCUT2D eigenvalue weighted by Crippen LogP contribution is -2.41. The van der Waals surface area contributed by atoms with Crippen molar-refractivity contribution in [1.82, 2.24) is 29.9 Å². The molecule has 2 N–H and O–H groups in total. The van der Waals surface area contributed by atoms with E-state index >= 15 is 0 Å². The number of hydrogen-bond donors (Lipinski definition) is 2. The zero-order valence-corrected chi connectivity index (χ0v) is 16.2. The Morgan fingerprint density at radius 2 is 2.19 bits per heavy atom. The predicted molar refractivity (Wildman–Crippen MR) is 103 cm³/mol. The van der Waals surface area contributed by atoms with Crippen LogP contribution in [0, 0.1) is 6.92 Å². The molecule has 0 radical (unpaired) electrons. The van der Waals surface area contributed by atoms with E-state index in [0.29, 0.717) is 12.5 Å². The van der Waals surface area contributed by atoms with Crippen molar-refractivity contribution in [3.05, 3.63) is 23.5 Å². The highest BCUT2D eigenvalue weighted by molar-refractivity contribution is 5.89. The lowest BCUT2D eigenvalue weighted by atomic mass is 9.97. The summed E-state index contributed by atoms with van der Waals surface area (Å²) in [4.78, 5) is 19.3. The molecule has 1 saturated heterocycles. The van der Waals surface area contributed by atoms with E-state index < -0.39 is 0 Å². The first-order chi connectivity index (χ1) is 13.2. The van der Waals surface area contributed by atoms with E-state index in [0.717, 1.165) is 61.8 Å². The van der Waals surface area contributed by atoms with Crippen molar-refractivity contribution in [1.29, 1.82) is 0 Å². The molecule has 1 aliphatic heterocycles. The number of urea groups is 1. The number of aryl methyl sites for hydroxylation is 1. The Bertz CT molecular complexity index is 792. The van der Waals surface area contributed by atoms with Gasteiger partial charge in [0.2, 0.25) is 0 Å². The molecule has 8 nitrogen and oxygen atoms in total. The number of nitrogens with one attached hydrogen (secondary N) is 2. The smallest absolute Gasteiger partial charge is 0.321 e. The normalized spacial score (nSPS) is 20.1. The minimum Gasteiger partial charge on any atom is -0.324 e. The van der Waals surface area contributed by atoms with Gasteiger partial charge in [-0.15, -0.1) is 0 Å². The summed E-state index contributed by atoms with van der Waals surface area (Å²) in [5, 5.41) is 14.9. The van der Waals surface area contributed by atoms with Crippen LogP contribution in [0.2, 0.25) is 0 Å². The van der Waals surface area contributed by atoms with Crippen LogP contribution in [0.1, 0.15) is 74.6 Å². The van der Waals surface area contributed by atoms with Crippen molar-refractivity contribution < 1.29 is 4.79 Å². The molecule has 0 aromatic carbocycles. The number of anilines is 1. The molecule has 2 aromatic rings. The van der Waals surface area contributed by atoms with Crippen LogP contribution in [0.3, 0.4) is 0 Å². The van der Waals surface area contributed by atoms with Gasteiger partial charge in [0, 0.05) is 31.5 Å². The lowest BCUT2D eigenvalue weighted by Gasteiger charge is -2.31. The van der Waals surface area contributed by atoms with Gasteiger partial charge in [-0.3, -0.25) is 9.78 Å². The van der Waals surface area contributed by atoms with Gasteiger partial charge in [0.15, 0.2) is 5.82 Å². The summed E-state index contributed by atoms with van der Waals surface area (Å²) in [5.74, 6) is 2.66. The molecule has 1 saturated carbocycles. The van der Waals surface area contributed by atoms with Gasteiger partial charge in [0.25, 0.3) is 0 Å². The van der Waals surface area contributed by atoms with E-state index in [1.165, 1.54) is 12.8 Å². The number of rotatable bonds is 6. The first kappa shape index (κ1) is 18.0. The van der Waals surface area contributed by atoms with Crippen molar-refractivity contribution in [3.8, 4) is 0 Å². The number of carbonyl (C=O) groups excluding carboxylic acids is 1. The van der Waals surface area contributed by atoms with Crippen LogP contribution in [-0.4, -0.2) is 49.0 Å². The molecule has 2 fully saturated rings. The van der Waals surface area contributed by atoms with Gasteiger partial charge in [0.1, 0.15) is 5.82 Å². The summed E-state index contributed by atoms with van der Waals surface area (Å²) in [6.07, 6.45) is 8.38. The van der Waals surface area contributed by atoms with Gasteiger partial charge in [-0.25, -0.2) is 9.78 Å². The largest absolute Gasteiger partial charge is 0.324 e. The van der Waals surface area contributed by atoms with E-state index in [4.69, 9.17) is 0 Å². The lowest BCUT2D eigenvalue weighted by molar-refractivity contribution is 0.191. The summed E-state index contributed by atoms with van der Waals surface area (Å²) < 4.78 is 1.96. The maximum atomic E-state index is 12.8. The number of piperidine rings is 1. The third-order valence-corrected chi connectivity index (χ3v) is 5.63. The molecule has 27 heavy (non-hydrogen) atoms. The van der Waals surface area contributed by atoms with E-state index in [1.807, 2.05) is 16.5 Å². The Balaban J connectivity index is 1.37. The molecule has 146 valence electrons. The van der Waals surface area contributed by atoms with Crippen LogP contribution in [-0.2, 0) is 6.54 Å². The van der Waals surface area contributed by atoms with E-state index in [-0.39, 0.29) is 11.9 Å². The topological polar surface area (TPSA) is 91.7 Å². The number of carbonyl (C=O) groups is 1. The van der Waals surface area contributed by atoms with Gasteiger partial charge >= 0.3 is 6.03 Å². The van der Waals surface area contributed by atoms with Crippen molar-refractivity contribution in [2.24, 2.45) is 0 Å². The van der Waals surface area contributed by atoms with Crippen molar-refractivity contribution in [2.45, 2.75) is 70.8 Å². The summed E-state index contributed by atoms with van der Waals surface area (Å²) in [7, 11) is 0. The molecule has 2 aliphatic rings. The van der Waals surface area contributed by atoms with Crippen molar-refractivity contribution in [2.75, 3.05) is 18.4 Å². The fraction of sp³-hybridized carbons (Fsp3) is 0.684. The first-order valence-corrected chi connectivity index (χ1v) is 10.2. The predicted octanol–water partition coefficient (Wildman–Crippen LogP) is 3.40. The second kappa shape index (κ2) is 7.70. The van der Waals surface area contributed by atoms with Crippen molar-refractivity contribution >= 4 is 11.7 Å². The van der Waals surface area contributed by atoms with Crippen LogP contribution in [0.25, 0.3) is 0 Å². The van der Waals surface area contributed by atoms with Crippen molar-refractivity contribution in [3.63, 3.8) is 0 Å². The highest BCUT2D eigenvalue weighted by atomic mass is 16.2. The maximum Gasteiger partial charge on any atom is 0.321 e. The number of H-pyrrole nitrogens is 1. The van der Waals surface area contributed by atoms with E-state index in [2.05, 4.69) is 32.5 Å². The number of hydrogen-bond acceptors (Lipinski definition) is 4. The molecule has 8 heteroatoms. The van der Waals surface area contributed by atoms with Gasteiger partial charge in [-0.05, 0) is 39.0 Å². The average Bonchev–Trinajstić information content (AvgIpc) is 3.32. The number of likely N-dealkylation sites (tertiary alicyclic amines) is 1. The van der Waals surface area contributed by atoms with Gasteiger partial charge in [-0.1, -0.05) is 13.3 Å². The average molecular weight is 371 g/mol. The summed E-state index contributed by atoms with van der Waals surface area (Å²) in [6.45, 7) is 6.49. The van der Waals surface area contributed by atoms with E-state index in [9.17, 15) is 4.79 Å². The number of amides is 2. The van der Waals surface area contributed by atoms with E-state index in [1.54, 1.807) is 6.20 Å². The Morgan fingerprint density at radius 1 is 1.33 bits per heavy atom. The molecule has 2 aromatic heterocycles. The summed E-state index contributed by atoms with van der Waals surface area (Å²) >= 11 is 0. The molecule has 3 heterocycles. The molecular formula is C19H29N7O. The Labute approximate surface area is 159 Å². The van der Waals surface area contributed by atoms with Crippen LogP contribution in [0.5, 0.6) is 0 Å². The maximum absolute atomic E-state index is 12.8. The second-order valence-corrected chi connectivity index (χ2v) is 7.79. The summed E-state index contributed by atoms with van der Waals surface area (Å²) in [5.41, 5.74) is 1.81. The van der Waals surface area contributed by atoms with Gasteiger partial charge < -0.3 is 10.2 Å². The highest BCUT2D eigenvalue weighted by Crippen LogP contribution is 2.38.